The highest BCUT2D eigenvalue weighted by molar-refractivity contribution is 6.02. The van der Waals surface area contributed by atoms with Gasteiger partial charge in [-0.3, -0.25) is 4.79 Å². The zero-order valence-corrected chi connectivity index (χ0v) is 9.56. The Bertz CT molecular complexity index is 443. The number of rotatable bonds is 4. The molecule has 1 aromatic rings. The van der Waals surface area contributed by atoms with E-state index in [0.717, 1.165) is 0 Å². The number of methoxy groups -OCH3 is 1. The molecule has 0 fully saturated rings. The summed E-state index contributed by atoms with van der Waals surface area (Å²) in [7, 11) is 1.45. The Labute approximate surface area is 98.4 Å². The van der Waals surface area contributed by atoms with E-state index in [1.54, 1.807) is 0 Å². The van der Waals surface area contributed by atoms with Gasteiger partial charge < -0.3 is 20.9 Å². The molecule has 6 nitrogen and oxygen atoms in total. The standard InChI is InChI=1S/C11H14N2O4/c1-6(12)10(14)13-9-5-7(17-2)3-4-8(9)11(15)16/h3-6H,12H2,1-2H3,(H,13,14)(H,15,16). The van der Waals surface area contributed by atoms with Gasteiger partial charge in [-0.1, -0.05) is 0 Å². The van der Waals surface area contributed by atoms with Gasteiger partial charge in [0.25, 0.3) is 0 Å². The molecule has 0 aliphatic rings. The number of benzene rings is 1. The van der Waals surface area contributed by atoms with Crippen LogP contribution >= 0.6 is 0 Å². The molecule has 1 atom stereocenters. The Morgan fingerprint density at radius 2 is 2.12 bits per heavy atom. The first-order valence-electron chi connectivity index (χ1n) is 4.93. The quantitative estimate of drug-likeness (QED) is 0.715. The first-order chi connectivity index (χ1) is 7.95. The van der Waals surface area contributed by atoms with Crippen molar-refractivity contribution in [2.24, 2.45) is 5.73 Å². The van der Waals surface area contributed by atoms with E-state index in [1.807, 2.05) is 0 Å². The van der Waals surface area contributed by atoms with Crippen molar-refractivity contribution in [1.82, 2.24) is 0 Å². The minimum atomic E-state index is -1.13. The maximum absolute atomic E-state index is 11.4. The van der Waals surface area contributed by atoms with E-state index in [0.29, 0.717) is 5.75 Å². The van der Waals surface area contributed by atoms with Crippen LogP contribution in [0.1, 0.15) is 17.3 Å². The molecule has 0 bridgehead atoms. The van der Waals surface area contributed by atoms with Gasteiger partial charge in [0, 0.05) is 6.07 Å². The molecule has 0 aliphatic heterocycles. The van der Waals surface area contributed by atoms with Crippen molar-refractivity contribution in [3.63, 3.8) is 0 Å². The van der Waals surface area contributed by atoms with E-state index in [9.17, 15) is 9.59 Å². The molecule has 92 valence electrons. The van der Waals surface area contributed by atoms with Crippen molar-refractivity contribution in [1.29, 1.82) is 0 Å². The predicted molar refractivity (Wildman–Crippen MR) is 62.2 cm³/mol. The first-order valence-corrected chi connectivity index (χ1v) is 4.93. The molecule has 0 spiro atoms. The summed E-state index contributed by atoms with van der Waals surface area (Å²) in [5.74, 6) is -1.14. The maximum Gasteiger partial charge on any atom is 0.337 e. The second-order valence-corrected chi connectivity index (χ2v) is 3.49. The van der Waals surface area contributed by atoms with Gasteiger partial charge in [-0.05, 0) is 19.1 Å². The van der Waals surface area contributed by atoms with E-state index < -0.39 is 17.9 Å². The van der Waals surface area contributed by atoms with Crippen molar-refractivity contribution in [2.75, 3.05) is 12.4 Å². The number of nitrogens with one attached hydrogen (secondary N) is 1. The summed E-state index contributed by atoms with van der Waals surface area (Å²) < 4.78 is 4.96. The number of nitrogens with two attached hydrogens (primary N) is 1. The fraction of sp³-hybridized carbons (Fsp3) is 0.273. The van der Waals surface area contributed by atoms with E-state index in [2.05, 4.69) is 5.32 Å². The summed E-state index contributed by atoms with van der Waals surface area (Å²) in [6, 6.07) is 3.58. The molecular weight excluding hydrogens is 224 g/mol. The SMILES string of the molecule is COc1ccc(C(=O)O)c(NC(=O)C(C)N)c1. The number of amides is 1. The monoisotopic (exact) mass is 238 g/mol. The third kappa shape index (κ3) is 3.18. The summed E-state index contributed by atoms with van der Waals surface area (Å²) in [6.45, 7) is 1.51. The number of anilines is 1. The highest BCUT2D eigenvalue weighted by atomic mass is 16.5. The average Bonchev–Trinajstić information content (AvgIpc) is 2.28. The minimum absolute atomic E-state index is 0.0141. The molecule has 0 heterocycles. The van der Waals surface area contributed by atoms with Crippen LogP contribution in [0.5, 0.6) is 5.75 Å². The van der Waals surface area contributed by atoms with Crippen molar-refractivity contribution in [2.45, 2.75) is 13.0 Å². The Morgan fingerprint density at radius 1 is 1.47 bits per heavy atom. The van der Waals surface area contributed by atoms with Crippen LogP contribution in [-0.4, -0.2) is 30.1 Å². The van der Waals surface area contributed by atoms with Crippen molar-refractivity contribution >= 4 is 17.6 Å². The van der Waals surface area contributed by atoms with E-state index >= 15 is 0 Å². The topological polar surface area (TPSA) is 102 Å². The van der Waals surface area contributed by atoms with E-state index in [4.69, 9.17) is 15.6 Å². The fourth-order valence-electron chi connectivity index (χ4n) is 1.19. The number of aromatic carboxylic acids is 1. The second-order valence-electron chi connectivity index (χ2n) is 3.49. The van der Waals surface area contributed by atoms with Crippen molar-refractivity contribution in [3.05, 3.63) is 23.8 Å². The van der Waals surface area contributed by atoms with Gasteiger partial charge in [0.2, 0.25) is 5.91 Å². The molecular formula is C11H14N2O4. The summed E-state index contributed by atoms with van der Waals surface area (Å²) in [6.07, 6.45) is 0. The molecule has 4 N–H and O–H groups in total. The number of hydrogen-bond donors (Lipinski definition) is 3. The largest absolute Gasteiger partial charge is 0.497 e. The average molecular weight is 238 g/mol. The van der Waals surface area contributed by atoms with Gasteiger partial charge in [-0.2, -0.15) is 0 Å². The number of hydrogen-bond acceptors (Lipinski definition) is 4. The Balaban J connectivity index is 3.09. The summed E-state index contributed by atoms with van der Waals surface area (Å²) in [5.41, 5.74) is 5.54. The lowest BCUT2D eigenvalue weighted by Crippen LogP contribution is -2.33. The molecule has 1 amide bonds. The zero-order valence-electron chi connectivity index (χ0n) is 9.56. The maximum atomic E-state index is 11.4. The van der Waals surface area contributed by atoms with Crippen LogP contribution in [0.25, 0.3) is 0 Å². The summed E-state index contributed by atoms with van der Waals surface area (Å²) in [5, 5.41) is 11.4. The Morgan fingerprint density at radius 3 is 2.59 bits per heavy atom. The molecule has 0 aliphatic carbocycles. The molecule has 0 radical (unpaired) electrons. The molecule has 0 aromatic heterocycles. The normalized spacial score (nSPS) is 11.7. The molecule has 0 saturated carbocycles. The van der Waals surface area contributed by atoms with Gasteiger partial charge in [-0.15, -0.1) is 0 Å². The van der Waals surface area contributed by atoms with E-state index in [1.165, 1.54) is 32.2 Å². The third-order valence-corrected chi connectivity index (χ3v) is 2.13. The molecule has 1 aromatic carbocycles. The third-order valence-electron chi connectivity index (χ3n) is 2.13. The van der Waals surface area contributed by atoms with Gasteiger partial charge in [-0.25, -0.2) is 4.79 Å². The summed E-state index contributed by atoms with van der Waals surface area (Å²) in [4.78, 5) is 22.4. The van der Waals surface area contributed by atoms with Crippen LogP contribution in [0.4, 0.5) is 5.69 Å². The van der Waals surface area contributed by atoms with E-state index in [-0.39, 0.29) is 11.3 Å². The first kappa shape index (κ1) is 13.0. The Hall–Kier alpha value is -2.08. The molecule has 6 heteroatoms. The fourth-order valence-corrected chi connectivity index (χ4v) is 1.19. The zero-order chi connectivity index (χ0) is 13.0. The molecule has 1 unspecified atom stereocenters. The van der Waals surface area contributed by atoms with Gasteiger partial charge in [0.05, 0.1) is 24.4 Å². The minimum Gasteiger partial charge on any atom is -0.497 e. The highest BCUT2D eigenvalue weighted by Gasteiger charge is 2.15. The van der Waals surface area contributed by atoms with Gasteiger partial charge >= 0.3 is 5.97 Å². The lowest BCUT2D eigenvalue weighted by molar-refractivity contribution is -0.117. The smallest absolute Gasteiger partial charge is 0.337 e. The van der Waals surface area contributed by atoms with Crippen LogP contribution in [0.3, 0.4) is 0 Å². The van der Waals surface area contributed by atoms with Crippen LogP contribution in [-0.2, 0) is 4.79 Å². The van der Waals surface area contributed by atoms with Crippen molar-refractivity contribution < 1.29 is 19.4 Å². The predicted octanol–water partition coefficient (Wildman–Crippen LogP) is 0.679. The lowest BCUT2D eigenvalue weighted by Gasteiger charge is -2.11. The number of carbonyl (C=O) groups is 2. The molecule has 1 rings (SSSR count). The highest BCUT2D eigenvalue weighted by Crippen LogP contribution is 2.22. The number of carbonyl (C=O) groups excluding carboxylic acids is 1. The molecule has 17 heavy (non-hydrogen) atoms. The van der Waals surface area contributed by atoms with Crippen molar-refractivity contribution in [3.8, 4) is 5.75 Å². The Kier molecular flexibility index (Phi) is 4.06. The number of ether oxygens (including phenoxy) is 1. The summed E-state index contributed by atoms with van der Waals surface area (Å²) >= 11 is 0. The van der Waals surface area contributed by atoms with Gasteiger partial charge in [0.1, 0.15) is 5.75 Å². The van der Waals surface area contributed by atoms with Crippen LogP contribution in [0.2, 0.25) is 0 Å². The van der Waals surface area contributed by atoms with Crippen LogP contribution in [0, 0.1) is 0 Å². The number of carboxylic acids is 1. The van der Waals surface area contributed by atoms with Crippen LogP contribution < -0.4 is 15.8 Å². The lowest BCUT2D eigenvalue weighted by atomic mass is 10.1. The molecule has 0 saturated heterocycles. The van der Waals surface area contributed by atoms with Gasteiger partial charge in [0.15, 0.2) is 0 Å². The number of carboxylic acid groups (broad SMARTS) is 1. The second kappa shape index (κ2) is 5.31. The van der Waals surface area contributed by atoms with Crippen LogP contribution in [0.15, 0.2) is 18.2 Å².